The highest BCUT2D eigenvalue weighted by molar-refractivity contribution is 7.87. The van der Waals surface area contributed by atoms with Crippen LogP contribution in [0.1, 0.15) is 18.9 Å². The molecule has 1 fully saturated rings. The average Bonchev–Trinajstić information content (AvgIpc) is 2.98. The summed E-state index contributed by atoms with van der Waals surface area (Å²) < 4.78 is 80.3. The van der Waals surface area contributed by atoms with Crippen LogP contribution in [-0.4, -0.2) is 52.0 Å². The smallest absolute Gasteiger partial charge is 0.497 e. The van der Waals surface area contributed by atoms with Gasteiger partial charge in [-0.25, -0.2) is 0 Å². The molecule has 2 rings (SSSR count). The topological polar surface area (TPSA) is 100 Å². The number of methoxy groups -OCH3 is 1. The van der Waals surface area contributed by atoms with E-state index in [4.69, 9.17) is 14.2 Å². The molecule has 1 aromatic rings. The van der Waals surface area contributed by atoms with Crippen LogP contribution in [0.2, 0.25) is 0 Å². The van der Waals surface area contributed by atoms with Crippen molar-refractivity contribution in [2.45, 2.75) is 43.8 Å². The lowest BCUT2D eigenvalue weighted by atomic mass is 10.2. The molecule has 1 aromatic carbocycles. The number of hydrogen-bond acceptors (Lipinski definition) is 8. The summed E-state index contributed by atoms with van der Waals surface area (Å²) in [7, 11) is -4.30. The predicted octanol–water partition coefficient (Wildman–Crippen LogP) is 1.70. The third kappa shape index (κ3) is 6.06. The van der Waals surface area contributed by atoms with Gasteiger partial charge in [0.2, 0.25) is 0 Å². The highest BCUT2D eigenvalue weighted by Crippen LogP contribution is 2.30. The first-order chi connectivity index (χ1) is 13.0. The summed E-state index contributed by atoms with van der Waals surface area (Å²) in [5.41, 5.74) is -4.87. The lowest BCUT2D eigenvalue weighted by molar-refractivity contribution is -0.141. The van der Waals surface area contributed by atoms with Gasteiger partial charge in [-0.3, -0.25) is 14.3 Å². The van der Waals surface area contributed by atoms with Crippen LogP contribution in [-0.2, 0) is 35.2 Å². The van der Waals surface area contributed by atoms with E-state index in [1.54, 1.807) is 24.3 Å². The SMILES string of the molecule is COc1ccc(COC2NC(COC(C)=O)CC2OS(=O)(=O)C(F)(F)F)cc1. The van der Waals surface area contributed by atoms with Crippen LogP contribution < -0.4 is 10.1 Å². The van der Waals surface area contributed by atoms with Crippen molar-refractivity contribution in [2.24, 2.45) is 0 Å². The maximum Gasteiger partial charge on any atom is 0.523 e. The number of alkyl halides is 3. The fraction of sp³-hybridized carbons (Fsp3) is 0.562. The third-order valence-electron chi connectivity index (χ3n) is 3.86. The van der Waals surface area contributed by atoms with Gasteiger partial charge in [0.15, 0.2) is 0 Å². The fourth-order valence-corrected chi connectivity index (χ4v) is 3.13. The van der Waals surface area contributed by atoms with Crippen LogP contribution in [0.5, 0.6) is 5.75 Å². The Kier molecular flexibility index (Phi) is 7.26. The van der Waals surface area contributed by atoms with E-state index in [-0.39, 0.29) is 19.6 Å². The van der Waals surface area contributed by atoms with Crippen molar-refractivity contribution in [1.82, 2.24) is 5.32 Å². The van der Waals surface area contributed by atoms with Crippen molar-refractivity contribution in [2.75, 3.05) is 13.7 Å². The van der Waals surface area contributed by atoms with Gasteiger partial charge in [0.1, 0.15) is 24.7 Å². The zero-order valence-corrected chi connectivity index (χ0v) is 15.9. The standard InChI is InChI=1S/C16H20F3NO7S/c1-10(21)25-9-12-7-14(27-28(22,23)16(17,18)19)15(20-12)26-8-11-3-5-13(24-2)6-4-11/h3-6,12,14-15,20H,7-9H2,1-2H3. The first kappa shape index (κ1) is 22.4. The minimum absolute atomic E-state index is 0.0200. The van der Waals surface area contributed by atoms with E-state index in [9.17, 15) is 26.4 Å². The maximum atomic E-state index is 12.6. The number of hydrogen-bond donors (Lipinski definition) is 1. The Morgan fingerprint density at radius 3 is 2.43 bits per heavy atom. The molecule has 1 N–H and O–H groups in total. The minimum Gasteiger partial charge on any atom is -0.497 e. The summed E-state index contributed by atoms with van der Waals surface area (Å²) in [6.07, 6.45) is -2.75. The lowest BCUT2D eigenvalue weighted by Gasteiger charge is -2.21. The van der Waals surface area contributed by atoms with Crippen LogP contribution >= 0.6 is 0 Å². The number of nitrogens with one attached hydrogen (secondary N) is 1. The summed E-state index contributed by atoms with van der Waals surface area (Å²) in [5, 5.41) is 2.78. The van der Waals surface area contributed by atoms with Crippen LogP contribution in [0, 0.1) is 0 Å². The molecular weight excluding hydrogens is 407 g/mol. The normalized spacial score (nSPS) is 22.8. The van der Waals surface area contributed by atoms with Crippen molar-refractivity contribution in [3.05, 3.63) is 29.8 Å². The molecule has 3 atom stereocenters. The van der Waals surface area contributed by atoms with E-state index < -0.39 is 40.0 Å². The molecule has 0 aromatic heterocycles. The highest BCUT2D eigenvalue weighted by Gasteiger charge is 2.51. The van der Waals surface area contributed by atoms with Crippen LogP contribution in [0.3, 0.4) is 0 Å². The van der Waals surface area contributed by atoms with Crippen molar-refractivity contribution in [1.29, 1.82) is 0 Å². The number of benzene rings is 1. The predicted molar refractivity (Wildman–Crippen MR) is 89.6 cm³/mol. The number of carbonyl (C=O) groups excluding carboxylic acids is 1. The summed E-state index contributed by atoms with van der Waals surface area (Å²) >= 11 is 0. The number of rotatable bonds is 8. The van der Waals surface area contributed by atoms with E-state index in [1.165, 1.54) is 14.0 Å². The second-order valence-corrected chi connectivity index (χ2v) is 7.58. The van der Waals surface area contributed by atoms with Crippen molar-refractivity contribution in [3.63, 3.8) is 0 Å². The van der Waals surface area contributed by atoms with Gasteiger partial charge in [-0.2, -0.15) is 21.6 Å². The monoisotopic (exact) mass is 427 g/mol. The third-order valence-corrected chi connectivity index (χ3v) is 4.93. The molecule has 0 spiro atoms. The molecule has 0 aliphatic carbocycles. The molecule has 158 valence electrons. The minimum atomic E-state index is -5.81. The molecule has 1 saturated heterocycles. The molecule has 0 amide bonds. The Balaban J connectivity index is 2.06. The summed E-state index contributed by atoms with van der Waals surface area (Å²) in [4.78, 5) is 10.9. The molecule has 12 heteroatoms. The highest BCUT2D eigenvalue weighted by atomic mass is 32.2. The summed E-state index contributed by atoms with van der Waals surface area (Å²) in [6.45, 7) is 0.992. The van der Waals surface area contributed by atoms with Gasteiger partial charge in [-0.05, 0) is 24.1 Å². The zero-order valence-electron chi connectivity index (χ0n) is 15.1. The van der Waals surface area contributed by atoms with Crippen molar-refractivity contribution >= 4 is 16.1 Å². The Hall–Kier alpha value is -1.89. The average molecular weight is 427 g/mol. The lowest BCUT2D eigenvalue weighted by Crippen LogP contribution is -2.40. The van der Waals surface area contributed by atoms with Gasteiger partial charge in [0, 0.05) is 13.0 Å². The molecule has 1 aliphatic heterocycles. The Morgan fingerprint density at radius 2 is 1.89 bits per heavy atom. The first-order valence-electron chi connectivity index (χ1n) is 8.15. The Bertz CT molecular complexity index is 767. The van der Waals surface area contributed by atoms with E-state index in [0.717, 1.165) is 0 Å². The van der Waals surface area contributed by atoms with Gasteiger partial charge in [0.05, 0.1) is 13.7 Å². The number of carbonyl (C=O) groups is 1. The number of halogens is 3. The van der Waals surface area contributed by atoms with Gasteiger partial charge in [-0.1, -0.05) is 12.1 Å². The van der Waals surface area contributed by atoms with Gasteiger partial charge >= 0.3 is 21.6 Å². The first-order valence-corrected chi connectivity index (χ1v) is 9.56. The van der Waals surface area contributed by atoms with Crippen LogP contribution in [0.15, 0.2) is 24.3 Å². The maximum absolute atomic E-state index is 12.6. The van der Waals surface area contributed by atoms with Crippen molar-refractivity contribution < 1.29 is 44.8 Å². The van der Waals surface area contributed by atoms with E-state index >= 15 is 0 Å². The number of ether oxygens (including phenoxy) is 3. The molecule has 0 radical (unpaired) electrons. The summed E-state index contributed by atoms with van der Waals surface area (Å²) in [6, 6.07) is 6.09. The molecule has 0 saturated carbocycles. The van der Waals surface area contributed by atoms with Crippen molar-refractivity contribution in [3.8, 4) is 5.75 Å². The summed E-state index contributed by atoms with van der Waals surface area (Å²) in [5.74, 6) is 0.0338. The Morgan fingerprint density at radius 1 is 1.25 bits per heavy atom. The molecule has 1 aliphatic rings. The van der Waals surface area contributed by atoms with Gasteiger partial charge < -0.3 is 14.2 Å². The van der Waals surface area contributed by atoms with E-state index in [2.05, 4.69) is 9.50 Å². The van der Waals surface area contributed by atoms with Gasteiger partial charge in [0.25, 0.3) is 0 Å². The molecular formula is C16H20F3NO7S. The number of esters is 1. The van der Waals surface area contributed by atoms with Crippen LogP contribution in [0.4, 0.5) is 13.2 Å². The molecule has 1 heterocycles. The Labute approximate surface area is 160 Å². The quantitative estimate of drug-likeness (QED) is 0.380. The second kappa shape index (κ2) is 9.07. The largest absolute Gasteiger partial charge is 0.523 e. The molecule has 0 bridgehead atoms. The fourth-order valence-electron chi connectivity index (χ4n) is 2.52. The second-order valence-electron chi connectivity index (χ2n) is 6.02. The van der Waals surface area contributed by atoms with Gasteiger partial charge in [-0.15, -0.1) is 0 Å². The zero-order chi connectivity index (χ0) is 20.9. The molecule has 3 unspecified atom stereocenters. The van der Waals surface area contributed by atoms with Crippen LogP contribution in [0.25, 0.3) is 0 Å². The molecule has 8 nitrogen and oxygen atoms in total. The van der Waals surface area contributed by atoms with E-state index in [1.807, 2.05) is 0 Å². The molecule has 28 heavy (non-hydrogen) atoms. The van der Waals surface area contributed by atoms with E-state index in [0.29, 0.717) is 11.3 Å².